The quantitative estimate of drug-likeness (QED) is 0.735. The van der Waals surface area contributed by atoms with E-state index < -0.39 is 0 Å². The zero-order valence-electron chi connectivity index (χ0n) is 12.5. The van der Waals surface area contributed by atoms with E-state index in [1.165, 1.54) is 0 Å². The Morgan fingerprint density at radius 3 is 2.60 bits per heavy atom. The molecule has 2 amide bonds. The van der Waals surface area contributed by atoms with E-state index in [4.69, 9.17) is 9.47 Å². The summed E-state index contributed by atoms with van der Waals surface area (Å²) in [5, 5.41) is 0. The molecule has 0 aromatic heterocycles. The van der Waals surface area contributed by atoms with Crippen LogP contribution in [0, 0.1) is 5.92 Å². The summed E-state index contributed by atoms with van der Waals surface area (Å²) in [6, 6.07) is 0.194. The van der Waals surface area contributed by atoms with Crippen LogP contribution in [-0.4, -0.2) is 73.7 Å². The molecule has 2 aliphatic heterocycles. The fourth-order valence-corrected chi connectivity index (χ4v) is 2.40. The van der Waals surface area contributed by atoms with Crippen LogP contribution in [0.3, 0.4) is 0 Å². The number of carbonyl (C=O) groups excluding carboxylic acids is 2. The zero-order chi connectivity index (χ0) is 14.7. The van der Waals surface area contributed by atoms with E-state index in [1.807, 2.05) is 13.8 Å². The van der Waals surface area contributed by atoms with Crippen molar-refractivity contribution in [1.82, 2.24) is 9.80 Å². The van der Waals surface area contributed by atoms with Crippen LogP contribution < -0.4 is 0 Å². The number of ether oxygens (including phenoxy) is 2. The molecular formula is C14H24N2O4. The van der Waals surface area contributed by atoms with Gasteiger partial charge in [-0.05, 0) is 0 Å². The molecule has 0 radical (unpaired) electrons. The third-order valence-electron chi connectivity index (χ3n) is 3.91. The Morgan fingerprint density at radius 2 is 2.05 bits per heavy atom. The molecule has 0 aliphatic carbocycles. The molecule has 6 heteroatoms. The molecule has 0 aromatic rings. The average Bonchev–Trinajstić information content (AvgIpc) is 2.35. The van der Waals surface area contributed by atoms with Crippen molar-refractivity contribution in [3.8, 4) is 0 Å². The monoisotopic (exact) mass is 284 g/mol. The van der Waals surface area contributed by atoms with Crippen LogP contribution in [0.15, 0.2) is 0 Å². The molecule has 2 saturated heterocycles. The fraction of sp³-hybridized carbons (Fsp3) is 0.857. The van der Waals surface area contributed by atoms with Gasteiger partial charge in [-0.2, -0.15) is 0 Å². The maximum atomic E-state index is 12.1. The molecule has 114 valence electrons. The minimum atomic E-state index is -0.192. The Labute approximate surface area is 120 Å². The second-order valence-electron chi connectivity index (χ2n) is 5.83. The van der Waals surface area contributed by atoms with E-state index in [9.17, 15) is 9.59 Å². The molecule has 20 heavy (non-hydrogen) atoms. The van der Waals surface area contributed by atoms with Gasteiger partial charge in [0.1, 0.15) is 0 Å². The molecule has 0 bridgehead atoms. The second-order valence-corrected chi connectivity index (χ2v) is 5.83. The highest BCUT2D eigenvalue weighted by atomic mass is 16.5. The number of rotatable bonds is 4. The predicted octanol–water partition coefficient (Wildman–Crippen LogP) is 0.117. The second kappa shape index (κ2) is 6.54. The minimum absolute atomic E-state index is 0.0146. The zero-order valence-corrected chi connectivity index (χ0v) is 12.5. The van der Waals surface area contributed by atoms with Crippen molar-refractivity contribution < 1.29 is 19.1 Å². The highest BCUT2D eigenvalue weighted by molar-refractivity contribution is 5.79. The van der Waals surface area contributed by atoms with Crippen LogP contribution >= 0.6 is 0 Å². The maximum absolute atomic E-state index is 12.1. The number of nitrogens with zero attached hydrogens (tertiary/aromatic N) is 2. The van der Waals surface area contributed by atoms with Crippen molar-refractivity contribution in [2.24, 2.45) is 5.92 Å². The van der Waals surface area contributed by atoms with Crippen molar-refractivity contribution in [3.05, 3.63) is 0 Å². The lowest BCUT2D eigenvalue weighted by Gasteiger charge is -2.37. The Bertz CT molecular complexity index is 368. The van der Waals surface area contributed by atoms with Gasteiger partial charge in [-0.1, -0.05) is 13.8 Å². The van der Waals surface area contributed by atoms with Crippen LogP contribution in [0.2, 0.25) is 0 Å². The van der Waals surface area contributed by atoms with Gasteiger partial charge in [0.2, 0.25) is 11.8 Å². The van der Waals surface area contributed by atoms with Crippen LogP contribution in [0.5, 0.6) is 0 Å². The van der Waals surface area contributed by atoms with Crippen LogP contribution in [0.1, 0.15) is 20.3 Å². The van der Waals surface area contributed by atoms with Crippen LogP contribution in [0.4, 0.5) is 0 Å². The number of likely N-dealkylation sites (N-methyl/N-ethyl adjacent to an activating group) is 1. The molecular weight excluding hydrogens is 260 g/mol. The molecule has 0 spiro atoms. The summed E-state index contributed by atoms with van der Waals surface area (Å²) < 4.78 is 10.7. The maximum Gasteiger partial charge on any atom is 0.225 e. The fourth-order valence-electron chi connectivity index (χ4n) is 2.40. The van der Waals surface area contributed by atoms with E-state index in [2.05, 4.69) is 0 Å². The third-order valence-corrected chi connectivity index (χ3v) is 3.91. The van der Waals surface area contributed by atoms with Crippen molar-refractivity contribution in [1.29, 1.82) is 0 Å². The largest absolute Gasteiger partial charge is 0.377 e. The van der Waals surface area contributed by atoms with Gasteiger partial charge in [0.25, 0.3) is 0 Å². The molecule has 0 saturated carbocycles. The van der Waals surface area contributed by atoms with Crippen LogP contribution in [0.25, 0.3) is 0 Å². The number of morpholine rings is 1. The molecule has 1 atom stereocenters. The first-order chi connectivity index (χ1) is 9.49. The van der Waals surface area contributed by atoms with E-state index in [0.29, 0.717) is 39.3 Å². The lowest BCUT2D eigenvalue weighted by atomic mass is 10.1. The molecule has 2 heterocycles. The Balaban J connectivity index is 1.83. The van der Waals surface area contributed by atoms with E-state index in [-0.39, 0.29) is 29.9 Å². The normalized spacial score (nSPS) is 23.6. The summed E-state index contributed by atoms with van der Waals surface area (Å²) in [6.45, 7) is 6.65. The molecule has 0 N–H and O–H groups in total. The lowest BCUT2D eigenvalue weighted by molar-refractivity contribution is -0.151. The SMILES string of the molecule is CC(C)C(=O)N1CCOC(CC(=O)N(C)C2COC2)C1. The predicted molar refractivity (Wildman–Crippen MR) is 73.2 cm³/mol. The Kier molecular flexibility index (Phi) is 4.99. The number of carbonyl (C=O) groups is 2. The summed E-state index contributed by atoms with van der Waals surface area (Å²) in [7, 11) is 1.80. The Hall–Kier alpha value is -1.14. The topological polar surface area (TPSA) is 59.1 Å². The van der Waals surface area contributed by atoms with E-state index >= 15 is 0 Å². The van der Waals surface area contributed by atoms with Gasteiger partial charge in [-0.3, -0.25) is 9.59 Å². The van der Waals surface area contributed by atoms with Gasteiger partial charge >= 0.3 is 0 Å². The van der Waals surface area contributed by atoms with Crippen molar-refractivity contribution >= 4 is 11.8 Å². The highest BCUT2D eigenvalue weighted by Crippen LogP contribution is 2.15. The summed E-state index contributed by atoms with van der Waals surface area (Å²) in [5.41, 5.74) is 0. The van der Waals surface area contributed by atoms with Gasteiger partial charge in [0.05, 0.1) is 38.4 Å². The van der Waals surface area contributed by atoms with Gasteiger partial charge < -0.3 is 19.3 Å². The highest BCUT2D eigenvalue weighted by Gasteiger charge is 2.31. The average molecular weight is 284 g/mol. The van der Waals surface area contributed by atoms with Crippen molar-refractivity contribution in [3.63, 3.8) is 0 Å². The number of amides is 2. The first-order valence-electron chi connectivity index (χ1n) is 7.22. The molecule has 0 aromatic carbocycles. The van der Waals surface area contributed by atoms with Gasteiger partial charge in [-0.15, -0.1) is 0 Å². The smallest absolute Gasteiger partial charge is 0.225 e. The summed E-state index contributed by atoms with van der Waals surface area (Å²) in [5.74, 6) is 0.174. The summed E-state index contributed by atoms with van der Waals surface area (Å²) in [6.07, 6.45) is 0.136. The third kappa shape index (κ3) is 3.49. The minimum Gasteiger partial charge on any atom is -0.377 e. The number of hydrogen-bond donors (Lipinski definition) is 0. The van der Waals surface area contributed by atoms with E-state index in [1.54, 1.807) is 16.8 Å². The van der Waals surface area contributed by atoms with Gasteiger partial charge in [0.15, 0.2) is 0 Å². The molecule has 2 fully saturated rings. The first-order valence-corrected chi connectivity index (χ1v) is 7.22. The summed E-state index contributed by atoms with van der Waals surface area (Å²) in [4.78, 5) is 27.7. The molecule has 1 unspecified atom stereocenters. The molecule has 2 aliphatic rings. The number of hydrogen-bond acceptors (Lipinski definition) is 4. The van der Waals surface area contributed by atoms with E-state index in [0.717, 1.165) is 0 Å². The van der Waals surface area contributed by atoms with Gasteiger partial charge in [0, 0.05) is 26.1 Å². The Morgan fingerprint density at radius 1 is 1.35 bits per heavy atom. The molecule has 6 nitrogen and oxygen atoms in total. The van der Waals surface area contributed by atoms with Crippen LogP contribution in [-0.2, 0) is 19.1 Å². The summed E-state index contributed by atoms with van der Waals surface area (Å²) >= 11 is 0. The van der Waals surface area contributed by atoms with Crippen molar-refractivity contribution in [2.75, 3.05) is 40.0 Å². The lowest BCUT2D eigenvalue weighted by Crippen LogP contribution is -2.52. The van der Waals surface area contributed by atoms with Crippen molar-refractivity contribution in [2.45, 2.75) is 32.4 Å². The standard InChI is InChI=1S/C14H24N2O4/c1-10(2)14(18)16-4-5-20-12(7-16)6-13(17)15(3)11-8-19-9-11/h10-12H,4-9H2,1-3H3. The van der Waals surface area contributed by atoms with Gasteiger partial charge in [-0.25, -0.2) is 0 Å². The first kappa shape index (κ1) is 15.3. The molecule has 2 rings (SSSR count).